The predicted octanol–water partition coefficient (Wildman–Crippen LogP) is 3.36. The van der Waals surface area contributed by atoms with E-state index in [4.69, 9.17) is 0 Å². The molecule has 2 aromatic rings. The molecule has 0 saturated heterocycles. The molecule has 0 aliphatic rings. The van der Waals surface area contributed by atoms with Crippen LogP contribution in [0.25, 0.3) is 0 Å². The van der Waals surface area contributed by atoms with E-state index in [1.807, 2.05) is 12.1 Å². The number of hydrogen-bond acceptors (Lipinski definition) is 1. The Hall–Kier alpha value is -1.25. The highest BCUT2D eigenvalue weighted by molar-refractivity contribution is 7.99. The summed E-state index contributed by atoms with van der Waals surface area (Å²) in [6, 6.07) is 20.8. The Morgan fingerprint density at radius 1 is 0.571 bits per heavy atom. The second-order valence-corrected chi connectivity index (χ2v) is 3.88. The lowest BCUT2D eigenvalue weighted by molar-refractivity contribution is 1.41. The van der Waals surface area contributed by atoms with Crippen LogP contribution < -0.4 is 6.15 Å². The zero-order chi connectivity index (χ0) is 8.93. The van der Waals surface area contributed by atoms with E-state index in [0.717, 1.165) is 0 Å². The van der Waals surface area contributed by atoms with Crippen LogP contribution in [-0.2, 0) is 0 Å². The van der Waals surface area contributed by atoms with Crippen LogP contribution in [0, 0.1) is 0 Å². The van der Waals surface area contributed by atoms with Crippen molar-refractivity contribution < 1.29 is 0 Å². The van der Waals surface area contributed by atoms with Crippen molar-refractivity contribution in [1.29, 1.82) is 0 Å². The van der Waals surface area contributed by atoms with Crippen LogP contribution in [-0.4, -0.2) is 0 Å². The molecule has 0 fully saturated rings. The molecule has 69 valence electrons. The van der Waals surface area contributed by atoms with Gasteiger partial charge in [-0.1, -0.05) is 48.2 Å². The number of nitrogens with zero attached hydrogens (tertiary/aromatic N) is 1. The molecule has 0 saturated carbocycles. The summed E-state index contributed by atoms with van der Waals surface area (Å²) in [6.07, 6.45) is 0. The topological polar surface area (TPSA) is 30.5 Å². The standard InChI is InChI=1S/C12H10S.N/c1-3-7-11(8-4-1)13-12-9-5-2-6-10-12;/h1-10H;. The largest absolute Gasteiger partial charge is 0.0901 e. The molecular formula is C12H10NS. The minimum atomic E-state index is 0. The minimum absolute atomic E-state index is 0. The van der Waals surface area contributed by atoms with E-state index in [9.17, 15) is 0 Å². The van der Waals surface area contributed by atoms with Gasteiger partial charge in [0.05, 0.1) is 0 Å². The molecule has 0 spiro atoms. The fourth-order valence-corrected chi connectivity index (χ4v) is 1.97. The van der Waals surface area contributed by atoms with Gasteiger partial charge in [-0.15, -0.1) is 0 Å². The first kappa shape index (κ1) is 10.8. The summed E-state index contributed by atoms with van der Waals surface area (Å²) in [5.41, 5.74) is 0. The zero-order valence-electron chi connectivity index (χ0n) is 7.63. The van der Waals surface area contributed by atoms with E-state index in [2.05, 4.69) is 48.5 Å². The molecule has 0 amide bonds. The molecule has 2 rings (SSSR count). The highest BCUT2D eigenvalue weighted by atomic mass is 32.2. The van der Waals surface area contributed by atoms with Gasteiger partial charge >= 0.3 is 0 Å². The zero-order valence-corrected chi connectivity index (χ0v) is 8.45. The molecule has 14 heavy (non-hydrogen) atoms. The third-order valence-electron chi connectivity index (χ3n) is 1.72. The van der Waals surface area contributed by atoms with Gasteiger partial charge < -0.3 is 0 Å². The summed E-state index contributed by atoms with van der Waals surface area (Å²) < 4.78 is 0. The molecule has 0 heterocycles. The van der Waals surface area contributed by atoms with Crippen LogP contribution in [0.4, 0.5) is 0 Å². The van der Waals surface area contributed by atoms with Crippen molar-refractivity contribution in [2.75, 3.05) is 0 Å². The van der Waals surface area contributed by atoms with Gasteiger partial charge in [0, 0.05) is 15.9 Å². The summed E-state index contributed by atoms with van der Waals surface area (Å²) in [5, 5.41) is 0. The molecule has 0 unspecified atom stereocenters. The van der Waals surface area contributed by atoms with Gasteiger partial charge in [-0.3, -0.25) is 0 Å². The average Bonchev–Trinajstić information content (AvgIpc) is 2.21. The summed E-state index contributed by atoms with van der Waals surface area (Å²) in [6.45, 7) is 0. The number of benzene rings is 2. The third kappa shape index (κ3) is 2.91. The first-order valence-corrected chi connectivity index (χ1v) is 5.05. The monoisotopic (exact) mass is 200 g/mol. The molecule has 0 aromatic heterocycles. The van der Waals surface area contributed by atoms with Crippen LogP contribution in [0.15, 0.2) is 70.5 Å². The van der Waals surface area contributed by atoms with Crippen molar-refractivity contribution in [3.63, 3.8) is 0 Å². The van der Waals surface area contributed by atoms with E-state index in [0.29, 0.717) is 0 Å². The number of rotatable bonds is 2. The Balaban J connectivity index is 0.000000980. The number of hydrogen-bond donors (Lipinski definition) is 0. The molecule has 0 atom stereocenters. The Morgan fingerprint density at radius 3 is 1.29 bits per heavy atom. The Bertz CT molecular complexity index is 321. The van der Waals surface area contributed by atoms with Gasteiger partial charge in [-0.25, -0.2) is 0 Å². The quantitative estimate of drug-likeness (QED) is 0.731. The van der Waals surface area contributed by atoms with Crippen LogP contribution in [0.3, 0.4) is 0 Å². The van der Waals surface area contributed by atoms with Crippen molar-refractivity contribution >= 4 is 11.8 Å². The first-order chi connectivity index (χ1) is 6.45. The van der Waals surface area contributed by atoms with Crippen molar-refractivity contribution in [3.8, 4) is 0 Å². The van der Waals surface area contributed by atoms with Crippen molar-refractivity contribution in [1.82, 2.24) is 6.15 Å². The SMILES string of the molecule is [N].c1ccc(Sc2ccccc2)cc1. The molecular weight excluding hydrogens is 190 g/mol. The lowest BCUT2D eigenvalue weighted by Gasteiger charge is -1.99. The smallest absolute Gasteiger partial charge is 0.0122 e. The van der Waals surface area contributed by atoms with Crippen LogP contribution in [0.2, 0.25) is 0 Å². The lowest BCUT2D eigenvalue weighted by Crippen LogP contribution is -1.70. The van der Waals surface area contributed by atoms with E-state index >= 15 is 0 Å². The van der Waals surface area contributed by atoms with Gasteiger partial charge in [0.25, 0.3) is 0 Å². The lowest BCUT2D eigenvalue weighted by atomic mass is 10.4. The van der Waals surface area contributed by atoms with Crippen LogP contribution >= 0.6 is 11.8 Å². The Kier molecular flexibility index (Phi) is 4.23. The van der Waals surface area contributed by atoms with E-state index in [1.165, 1.54) is 9.79 Å². The van der Waals surface area contributed by atoms with Crippen LogP contribution in [0.5, 0.6) is 0 Å². The molecule has 2 heteroatoms. The van der Waals surface area contributed by atoms with E-state index in [1.54, 1.807) is 11.8 Å². The fraction of sp³-hybridized carbons (Fsp3) is 0. The summed E-state index contributed by atoms with van der Waals surface area (Å²) in [5.74, 6) is 0. The highest BCUT2D eigenvalue weighted by Crippen LogP contribution is 2.26. The van der Waals surface area contributed by atoms with Gasteiger partial charge in [0.2, 0.25) is 0 Å². The van der Waals surface area contributed by atoms with Gasteiger partial charge in [0.15, 0.2) is 0 Å². The van der Waals surface area contributed by atoms with E-state index < -0.39 is 0 Å². The molecule has 0 bridgehead atoms. The summed E-state index contributed by atoms with van der Waals surface area (Å²) >= 11 is 1.79. The molecule has 0 aliphatic carbocycles. The summed E-state index contributed by atoms with van der Waals surface area (Å²) in [4.78, 5) is 2.57. The second kappa shape index (κ2) is 5.47. The average molecular weight is 200 g/mol. The molecule has 3 radical (unpaired) electrons. The maximum Gasteiger partial charge on any atom is 0.0122 e. The second-order valence-electron chi connectivity index (χ2n) is 2.73. The molecule has 0 aliphatic heterocycles. The van der Waals surface area contributed by atoms with Gasteiger partial charge in [0.1, 0.15) is 0 Å². The molecule has 1 nitrogen and oxygen atoms in total. The Morgan fingerprint density at radius 2 is 0.929 bits per heavy atom. The summed E-state index contributed by atoms with van der Waals surface area (Å²) in [7, 11) is 0. The maximum absolute atomic E-state index is 2.12. The Labute approximate surface area is 88.7 Å². The van der Waals surface area contributed by atoms with Crippen molar-refractivity contribution in [3.05, 3.63) is 60.7 Å². The van der Waals surface area contributed by atoms with Gasteiger partial charge in [-0.05, 0) is 24.3 Å². The molecule has 2 aromatic carbocycles. The molecule has 0 N–H and O–H groups in total. The highest BCUT2D eigenvalue weighted by Gasteiger charge is 1.93. The fourth-order valence-electron chi connectivity index (χ4n) is 1.11. The maximum atomic E-state index is 2.12. The normalized spacial score (nSPS) is 9.14. The minimum Gasteiger partial charge on any atom is -0.0901 e. The van der Waals surface area contributed by atoms with Crippen molar-refractivity contribution in [2.24, 2.45) is 0 Å². The third-order valence-corrected chi connectivity index (χ3v) is 2.74. The predicted molar refractivity (Wildman–Crippen MR) is 59.1 cm³/mol. The van der Waals surface area contributed by atoms with Crippen molar-refractivity contribution in [2.45, 2.75) is 9.79 Å². The van der Waals surface area contributed by atoms with E-state index in [-0.39, 0.29) is 6.15 Å². The van der Waals surface area contributed by atoms with Crippen LogP contribution in [0.1, 0.15) is 0 Å². The van der Waals surface area contributed by atoms with Gasteiger partial charge in [-0.2, -0.15) is 0 Å². The first-order valence-electron chi connectivity index (χ1n) is 4.23.